The molecule has 21 heavy (non-hydrogen) atoms. The largest absolute Gasteiger partial charge is 0.395 e. The number of hydrogen-bond donors (Lipinski definition) is 1. The number of nitrogens with zero attached hydrogens (tertiary/aromatic N) is 1. The zero-order valence-electron chi connectivity index (χ0n) is 13.0. The van der Waals surface area contributed by atoms with Gasteiger partial charge in [-0.2, -0.15) is 0 Å². The van der Waals surface area contributed by atoms with Crippen LogP contribution >= 0.6 is 0 Å². The van der Waals surface area contributed by atoms with E-state index >= 15 is 0 Å². The van der Waals surface area contributed by atoms with Gasteiger partial charge in [-0.05, 0) is 25.0 Å². The monoisotopic (exact) mass is 287 g/mol. The van der Waals surface area contributed by atoms with Gasteiger partial charge in [0.1, 0.15) is 0 Å². The van der Waals surface area contributed by atoms with Crippen LogP contribution in [-0.2, 0) is 11.3 Å². The van der Waals surface area contributed by atoms with Crippen molar-refractivity contribution in [2.45, 2.75) is 45.4 Å². The van der Waals surface area contributed by atoms with E-state index in [0.29, 0.717) is 18.6 Å². The summed E-state index contributed by atoms with van der Waals surface area (Å²) in [4.78, 5) is 2.50. The van der Waals surface area contributed by atoms with Crippen LogP contribution in [-0.4, -0.2) is 41.9 Å². The van der Waals surface area contributed by atoms with Gasteiger partial charge in [0.25, 0.3) is 0 Å². The highest BCUT2D eigenvalue weighted by atomic mass is 16.5. The molecule has 1 aromatic rings. The van der Waals surface area contributed by atoms with Crippen molar-refractivity contribution in [3.05, 3.63) is 35.4 Å². The van der Waals surface area contributed by atoms with Crippen molar-refractivity contribution >= 4 is 0 Å². The van der Waals surface area contributed by atoms with Crippen LogP contribution < -0.4 is 0 Å². The number of aliphatic hydroxyl groups excluding tert-OH is 1. The van der Waals surface area contributed by atoms with Crippen molar-refractivity contribution in [1.29, 1.82) is 0 Å². The highest BCUT2D eigenvalue weighted by Crippen LogP contribution is 2.19. The number of rotatable bonds is 4. The highest BCUT2D eigenvalue weighted by molar-refractivity contribution is 5.41. The van der Waals surface area contributed by atoms with E-state index in [9.17, 15) is 0 Å². The van der Waals surface area contributed by atoms with Crippen molar-refractivity contribution in [3.63, 3.8) is 0 Å². The predicted molar refractivity (Wildman–Crippen MR) is 84.9 cm³/mol. The molecular weight excluding hydrogens is 262 g/mol. The molecule has 1 fully saturated rings. The van der Waals surface area contributed by atoms with Crippen LogP contribution in [0.3, 0.4) is 0 Å². The van der Waals surface area contributed by atoms with Crippen LogP contribution in [0.5, 0.6) is 0 Å². The van der Waals surface area contributed by atoms with Crippen molar-refractivity contribution in [3.8, 4) is 11.8 Å². The van der Waals surface area contributed by atoms with Gasteiger partial charge in [-0.15, -0.1) is 0 Å². The second-order valence-corrected chi connectivity index (χ2v) is 5.57. The summed E-state index contributed by atoms with van der Waals surface area (Å²) in [5.74, 6) is 6.20. The molecule has 0 bridgehead atoms. The predicted octanol–water partition coefficient (Wildman–Crippen LogP) is 2.42. The molecule has 1 aliphatic rings. The van der Waals surface area contributed by atoms with Crippen molar-refractivity contribution < 1.29 is 9.84 Å². The summed E-state index contributed by atoms with van der Waals surface area (Å²) >= 11 is 0. The maximum absolute atomic E-state index is 8.85. The minimum absolute atomic E-state index is 0.119. The van der Waals surface area contributed by atoms with Crippen LogP contribution in [0.15, 0.2) is 24.3 Å². The average Bonchev–Trinajstić information content (AvgIpc) is 2.49. The number of aliphatic hydroxyl groups is 1. The molecule has 1 saturated heterocycles. The molecule has 3 nitrogen and oxygen atoms in total. The minimum atomic E-state index is 0.119. The van der Waals surface area contributed by atoms with Crippen molar-refractivity contribution in [1.82, 2.24) is 4.90 Å². The van der Waals surface area contributed by atoms with E-state index in [-0.39, 0.29) is 6.61 Å². The normalized spacial score (nSPS) is 22.6. The zero-order chi connectivity index (χ0) is 15.1. The molecule has 1 aromatic carbocycles. The number of morpholine rings is 1. The van der Waals surface area contributed by atoms with E-state index in [1.807, 2.05) is 6.07 Å². The summed E-state index contributed by atoms with van der Waals surface area (Å²) in [5.41, 5.74) is 2.33. The van der Waals surface area contributed by atoms with Crippen LogP contribution in [0, 0.1) is 11.8 Å². The number of hydrogen-bond acceptors (Lipinski definition) is 3. The minimum Gasteiger partial charge on any atom is -0.395 e. The van der Waals surface area contributed by atoms with E-state index in [2.05, 4.69) is 48.8 Å². The lowest BCUT2D eigenvalue weighted by Crippen LogP contribution is -2.47. The Bertz CT molecular complexity index is 503. The highest BCUT2D eigenvalue weighted by Gasteiger charge is 2.25. The number of benzene rings is 1. The van der Waals surface area contributed by atoms with Gasteiger partial charge in [0.2, 0.25) is 0 Å². The van der Waals surface area contributed by atoms with E-state index < -0.39 is 0 Å². The number of ether oxygens (including phenoxy) is 1. The molecular formula is C18H25NO2. The summed E-state index contributed by atoms with van der Waals surface area (Å²) in [6.45, 7) is 7.16. The molecule has 0 saturated carbocycles. The first-order chi connectivity index (χ1) is 10.2. The third-order valence-corrected chi connectivity index (χ3v) is 3.90. The lowest BCUT2D eigenvalue weighted by molar-refractivity contribution is -0.0592. The maximum Gasteiger partial charge on any atom is 0.0674 e. The quantitative estimate of drug-likeness (QED) is 0.863. The van der Waals surface area contributed by atoms with Crippen molar-refractivity contribution in [2.75, 3.05) is 19.8 Å². The van der Waals surface area contributed by atoms with E-state index in [4.69, 9.17) is 9.84 Å². The Kier molecular flexibility index (Phi) is 6.25. The lowest BCUT2D eigenvalue weighted by Gasteiger charge is -2.38. The van der Waals surface area contributed by atoms with Gasteiger partial charge in [0.05, 0.1) is 19.3 Å². The molecule has 2 rings (SSSR count). The van der Waals surface area contributed by atoms with Gasteiger partial charge in [0, 0.05) is 31.1 Å². The Morgan fingerprint density at radius 1 is 1.38 bits per heavy atom. The van der Waals surface area contributed by atoms with Crippen LogP contribution in [0.4, 0.5) is 0 Å². The van der Waals surface area contributed by atoms with E-state index in [1.54, 1.807) is 0 Å². The van der Waals surface area contributed by atoms with Gasteiger partial charge in [-0.1, -0.05) is 37.0 Å². The van der Waals surface area contributed by atoms with E-state index in [0.717, 1.165) is 31.7 Å². The fraction of sp³-hybridized carbons (Fsp3) is 0.556. The molecule has 0 aliphatic carbocycles. The third kappa shape index (κ3) is 4.57. The van der Waals surface area contributed by atoms with Gasteiger partial charge in [-0.25, -0.2) is 0 Å². The fourth-order valence-electron chi connectivity index (χ4n) is 2.70. The Morgan fingerprint density at radius 2 is 2.19 bits per heavy atom. The Hall–Kier alpha value is -1.34. The third-order valence-electron chi connectivity index (χ3n) is 3.90. The van der Waals surface area contributed by atoms with Gasteiger partial charge in [-0.3, -0.25) is 4.90 Å². The first-order valence-corrected chi connectivity index (χ1v) is 7.77. The molecule has 1 aliphatic heterocycles. The van der Waals surface area contributed by atoms with Gasteiger partial charge >= 0.3 is 0 Å². The molecule has 114 valence electrons. The molecule has 0 amide bonds. The summed E-state index contributed by atoms with van der Waals surface area (Å²) in [7, 11) is 0. The average molecular weight is 287 g/mol. The first-order valence-electron chi connectivity index (χ1n) is 7.77. The lowest BCUT2D eigenvalue weighted by atomic mass is 10.0. The summed E-state index contributed by atoms with van der Waals surface area (Å²) in [6, 6.07) is 8.78. The Morgan fingerprint density at radius 3 is 2.95 bits per heavy atom. The summed E-state index contributed by atoms with van der Waals surface area (Å²) in [6.07, 6.45) is 1.92. The summed E-state index contributed by atoms with van der Waals surface area (Å²) in [5, 5.41) is 8.85. The molecule has 2 unspecified atom stereocenters. The standard InChI is InChI=1S/C18H25NO2/c1-3-18-14-21-15(2)12-19(18)13-17-10-5-4-8-16(17)9-6-7-11-20/h4-5,8,10,15,18,20H,3,7,11-14H2,1-2H3. The first kappa shape index (κ1) is 16.0. The Balaban J connectivity index is 2.13. The molecule has 0 spiro atoms. The van der Waals surface area contributed by atoms with Crippen LogP contribution in [0.1, 0.15) is 37.8 Å². The molecule has 1 heterocycles. The molecule has 2 atom stereocenters. The SMILES string of the molecule is CCC1COC(C)CN1Cc1ccccc1C#CCCO. The molecule has 3 heteroatoms. The van der Waals surface area contributed by atoms with Gasteiger partial charge in [0.15, 0.2) is 0 Å². The fourth-order valence-corrected chi connectivity index (χ4v) is 2.70. The smallest absolute Gasteiger partial charge is 0.0674 e. The van der Waals surface area contributed by atoms with Crippen LogP contribution in [0.25, 0.3) is 0 Å². The van der Waals surface area contributed by atoms with Gasteiger partial charge < -0.3 is 9.84 Å². The second kappa shape index (κ2) is 8.19. The molecule has 1 N–H and O–H groups in total. The molecule has 0 radical (unpaired) electrons. The van der Waals surface area contributed by atoms with Crippen LogP contribution in [0.2, 0.25) is 0 Å². The molecule has 0 aromatic heterocycles. The second-order valence-electron chi connectivity index (χ2n) is 5.57. The Labute approximate surface area is 127 Å². The topological polar surface area (TPSA) is 32.7 Å². The van der Waals surface area contributed by atoms with Crippen molar-refractivity contribution in [2.24, 2.45) is 0 Å². The summed E-state index contributed by atoms with van der Waals surface area (Å²) < 4.78 is 5.76. The zero-order valence-corrected chi connectivity index (χ0v) is 13.0. The van der Waals surface area contributed by atoms with E-state index in [1.165, 1.54) is 5.56 Å². The maximum atomic E-state index is 8.85.